The van der Waals surface area contributed by atoms with Crippen molar-refractivity contribution in [2.75, 3.05) is 17.1 Å². The second-order valence-corrected chi connectivity index (χ2v) is 11.8. The summed E-state index contributed by atoms with van der Waals surface area (Å²) in [5.41, 5.74) is 1.92. The molecule has 3 rings (SSSR count). The number of halogens is 2. The maximum atomic E-state index is 13.6. The fourth-order valence-electron chi connectivity index (χ4n) is 4.21. The quantitative estimate of drug-likeness (QED) is 0.506. The molecule has 0 bridgehead atoms. The molecule has 0 heterocycles. The topological polar surface area (TPSA) is 86.8 Å². The third kappa shape index (κ3) is 7.35. The van der Waals surface area contributed by atoms with Crippen LogP contribution in [-0.2, 0) is 26.2 Å². The minimum Gasteiger partial charge on any atom is -0.352 e. The fourth-order valence-corrected chi connectivity index (χ4v) is 5.37. The number of amides is 2. The van der Waals surface area contributed by atoms with E-state index in [0.29, 0.717) is 21.3 Å². The predicted octanol–water partition coefficient (Wildman–Crippen LogP) is 4.54. The Bertz CT molecular complexity index is 1180. The van der Waals surface area contributed by atoms with Gasteiger partial charge < -0.3 is 10.2 Å². The van der Waals surface area contributed by atoms with Gasteiger partial charge in [0.1, 0.15) is 12.6 Å². The van der Waals surface area contributed by atoms with E-state index in [-0.39, 0.29) is 18.5 Å². The van der Waals surface area contributed by atoms with E-state index in [1.807, 2.05) is 13.0 Å². The standard InChI is InChI=1S/C25H31Cl2N3O4S/c1-17-7-6-10-21(13-17)30(35(3,33)34)16-24(31)29(15-19-11-12-22(26)23(27)14-19)18(2)25(32)28-20-8-4-5-9-20/h6-7,10-14,18,20H,4-5,8-9,15-16H2,1-3H3,(H,28,32)/t18-/m1/s1. The van der Waals surface area contributed by atoms with Gasteiger partial charge in [-0.1, -0.05) is 54.2 Å². The van der Waals surface area contributed by atoms with E-state index in [2.05, 4.69) is 5.32 Å². The van der Waals surface area contributed by atoms with E-state index in [0.717, 1.165) is 41.8 Å². The predicted molar refractivity (Wildman–Crippen MR) is 140 cm³/mol. The Morgan fingerprint density at radius 3 is 2.37 bits per heavy atom. The van der Waals surface area contributed by atoms with Crippen molar-refractivity contribution >= 4 is 50.7 Å². The van der Waals surface area contributed by atoms with Crippen LogP contribution in [-0.4, -0.2) is 50.0 Å². The first-order valence-electron chi connectivity index (χ1n) is 11.5. The summed E-state index contributed by atoms with van der Waals surface area (Å²) < 4.78 is 26.3. The van der Waals surface area contributed by atoms with Gasteiger partial charge in [-0.05, 0) is 62.1 Å². The molecule has 2 aromatic rings. The third-order valence-corrected chi connectivity index (χ3v) is 8.05. The molecule has 1 aliphatic carbocycles. The SMILES string of the molecule is Cc1cccc(N(CC(=O)N(Cc2ccc(Cl)c(Cl)c2)[C@H](C)C(=O)NC2CCCC2)S(C)(=O)=O)c1. The summed E-state index contributed by atoms with van der Waals surface area (Å²) in [6.45, 7) is 3.13. The lowest BCUT2D eigenvalue weighted by atomic mass is 10.1. The number of anilines is 1. The number of nitrogens with one attached hydrogen (secondary N) is 1. The van der Waals surface area contributed by atoms with Crippen LogP contribution in [0.25, 0.3) is 0 Å². The molecule has 1 saturated carbocycles. The zero-order chi connectivity index (χ0) is 25.8. The van der Waals surface area contributed by atoms with Crippen molar-refractivity contribution in [3.63, 3.8) is 0 Å². The molecule has 0 aromatic heterocycles. The first-order chi connectivity index (χ1) is 16.5. The highest BCUT2D eigenvalue weighted by molar-refractivity contribution is 7.92. The van der Waals surface area contributed by atoms with Crippen LogP contribution in [0, 0.1) is 6.92 Å². The van der Waals surface area contributed by atoms with Gasteiger partial charge in [-0.2, -0.15) is 0 Å². The molecule has 10 heteroatoms. The molecule has 0 spiro atoms. The lowest BCUT2D eigenvalue weighted by Crippen LogP contribution is -2.52. The average Bonchev–Trinajstić information content (AvgIpc) is 3.29. The summed E-state index contributed by atoms with van der Waals surface area (Å²) in [5, 5.41) is 3.74. The van der Waals surface area contributed by atoms with Crippen LogP contribution in [0.5, 0.6) is 0 Å². The molecule has 0 aliphatic heterocycles. The molecule has 1 atom stereocenters. The lowest BCUT2D eigenvalue weighted by Gasteiger charge is -2.32. The second-order valence-electron chi connectivity index (χ2n) is 9.04. The minimum absolute atomic E-state index is 0.0698. The Labute approximate surface area is 217 Å². The Morgan fingerprint density at radius 1 is 1.09 bits per heavy atom. The molecule has 0 saturated heterocycles. The van der Waals surface area contributed by atoms with Crippen LogP contribution in [0.4, 0.5) is 5.69 Å². The number of rotatable bonds is 9. The molecule has 7 nitrogen and oxygen atoms in total. The maximum Gasteiger partial charge on any atom is 0.244 e. The normalized spacial score (nSPS) is 15.0. The van der Waals surface area contributed by atoms with Crippen LogP contribution >= 0.6 is 23.2 Å². The van der Waals surface area contributed by atoms with Crippen molar-refractivity contribution in [3.8, 4) is 0 Å². The van der Waals surface area contributed by atoms with Crippen LogP contribution < -0.4 is 9.62 Å². The van der Waals surface area contributed by atoms with E-state index in [9.17, 15) is 18.0 Å². The Hall–Kier alpha value is -2.29. The third-order valence-electron chi connectivity index (χ3n) is 6.17. The van der Waals surface area contributed by atoms with Gasteiger partial charge in [-0.3, -0.25) is 13.9 Å². The number of benzene rings is 2. The summed E-state index contributed by atoms with van der Waals surface area (Å²) in [7, 11) is -3.77. The smallest absolute Gasteiger partial charge is 0.244 e. The highest BCUT2D eigenvalue weighted by Gasteiger charge is 2.31. The number of hydrogen-bond donors (Lipinski definition) is 1. The van der Waals surface area contributed by atoms with Gasteiger partial charge in [0, 0.05) is 12.6 Å². The number of aryl methyl sites for hydroxylation is 1. The molecule has 0 unspecified atom stereocenters. The molecule has 0 radical (unpaired) electrons. The van der Waals surface area contributed by atoms with E-state index < -0.39 is 28.5 Å². The van der Waals surface area contributed by atoms with Crippen LogP contribution in [0.3, 0.4) is 0 Å². The van der Waals surface area contributed by atoms with Crippen molar-refractivity contribution in [1.82, 2.24) is 10.2 Å². The highest BCUT2D eigenvalue weighted by atomic mass is 35.5. The zero-order valence-electron chi connectivity index (χ0n) is 20.1. The van der Waals surface area contributed by atoms with Gasteiger partial charge in [0.25, 0.3) is 0 Å². The van der Waals surface area contributed by atoms with Crippen LogP contribution in [0.2, 0.25) is 10.0 Å². The highest BCUT2D eigenvalue weighted by Crippen LogP contribution is 2.25. The number of carbonyl (C=O) groups is 2. The lowest BCUT2D eigenvalue weighted by molar-refractivity contribution is -0.139. The minimum atomic E-state index is -3.77. The molecule has 1 N–H and O–H groups in total. The molecule has 2 aromatic carbocycles. The molecule has 35 heavy (non-hydrogen) atoms. The van der Waals surface area contributed by atoms with Crippen molar-refractivity contribution in [1.29, 1.82) is 0 Å². The Kier molecular flexibility index (Phi) is 9.07. The van der Waals surface area contributed by atoms with E-state index in [1.165, 1.54) is 4.90 Å². The number of nitrogens with zero attached hydrogens (tertiary/aromatic N) is 2. The molecule has 1 aliphatic rings. The first kappa shape index (κ1) is 27.3. The van der Waals surface area contributed by atoms with Gasteiger partial charge in [-0.15, -0.1) is 0 Å². The number of hydrogen-bond acceptors (Lipinski definition) is 4. The van der Waals surface area contributed by atoms with Gasteiger partial charge in [0.15, 0.2) is 0 Å². The number of sulfonamides is 1. The summed E-state index contributed by atoms with van der Waals surface area (Å²) >= 11 is 12.2. The van der Waals surface area contributed by atoms with Gasteiger partial charge in [0.05, 0.1) is 22.0 Å². The van der Waals surface area contributed by atoms with Crippen LogP contribution in [0.15, 0.2) is 42.5 Å². The summed E-state index contributed by atoms with van der Waals surface area (Å²) in [5.74, 6) is -0.774. The van der Waals surface area contributed by atoms with E-state index in [4.69, 9.17) is 23.2 Å². The summed E-state index contributed by atoms with van der Waals surface area (Å²) in [6, 6.07) is 11.2. The molecule has 1 fully saturated rings. The van der Waals surface area contributed by atoms with E-state index in [1.54, 1.807) is 43.3 Å². The average molecular weight is 541 g/mol. The fraction of sp³-hybridized carbons (Fsp3) is 0.440. The van der Waals surface area contributed by atoms with Gasteiger partial charge in [-0.25, -0.2) is 8.42 Å². The summed E-state index contributed by atoms with van der Waals surface area (Å²) in [6.07, 6.45) is 5.00. The number of carbonyl (C=O) groups excluding carboxylic acids is 2. The largest absolute Gasteiger partial charge is 0.352 e. The zero-order valence-corrected chi connectivity index (χ0v) is 22.5. The molecular weight excluding hydrogens is 509 g/mol. The molecule has 2 amide bonds. The molecule has 190 valence electrons. The first-order valence-corrected chi connectivity index (χ1v) is 14.1. The van der Waals surface area contributed by atoms with E-state index >= 15 is 0 Å². The Morgan fingerprint density at radius 2 is 1.77 bits per heavy atom. The van der Waals surface area contributed by atoms with Crippen molar-refractivity contribution in [2.45, 2.75) is 58.2 Å². The Balaban J connectivity index is 1.89. The monoisotopic (exact) mass is 539 g/mol. The maximum absolute atomic E-state index is 13.6. The second kappa shape index (κ2) is 11.6. The van der Waals surface area contributed by atoms with Crippen molar-refractivity contribution in [2.24, 2.45) is 0 Å². The molecular formula is C25H31Cl2N3O4S. The van der Waals surface area contributed by atoms with Gasteiger partial charge >= 0.3 is 0 Å². The van der Waals surface area contributed by atoms with Crippen molar-refractivity contribution < 1.29 is 18.0 Å². The van der Waals surface area contributed by atoms with Crippen LogP contribution in [0.1, 0.15) is 43.7 Å². The van der Waals surface area contributed by atoms with Crippen molar-refractivity contribution in [3.05, 3.63) is 63.6 Å². The van der Waals surface area contributed by atoms with Gasteiger partial charge in [0.2, 0.25) is 21.8 Å². The summed E-state index contributed by atoms with van der Waals surface area (Å²) in [4.78, 5) is 28.0.